The molecular formula is C16H13F4NO3. The van der Waals surface area contributed by atoms with Gasteiger partial charge in [0.2, 0.25) is 0 Å². The standard InChI is InChI=1S/C16H13F4NO3/c17-12-7-3-1-5-10(12)13(22)9-21-15(23)11-6-2-4-8-14(11)24-16(18,19)20/h1-8,13,22H,9H2,(H,21,23). The van der Waals surface area contributed by atoms with E-state index in [-0.39, 0.29) is 17.7 Å². The van der Waals surface area contributed by atoms with Crippen LogP contribution in [-0.4, -0.2) is 23.9 Å². The minimum atomic E-state index is -4.94. The molecule has 2 aromatic carbocycles. The molecule has 4 nitrogen and oxygen atoms in total. The number of ether oxygens (including phenoxy) is 1. The minimum Gasteiger partial charge on any atom is -0.405 e. The fourth-order valence-electron chi connectivity index (χ4n) is 2.01. The molecule has 0 aliphatic carbocycles. The predicted molar refractivity (Wildman–Crippen MR) is 76.8 cm³/mol. The van der Waals surface area contributed by atoms with Gasteiger partial charge in [0, 0.05) is 12.1 Å². The summed E-state index contributed by atoms with van der Waals surface area (Å²) in [5, 5.41) is 12.1. The summed E-state index contributed by atoms with van der Waals surface area (Å²) in [4.78, 5) is 12.0. The predicted octanol–water partition coefficient (Wildman–Crippen LogP) is 3.19. The maximum Gasteiger partial charge on any atom is 0.573 e. The summed E-state index contributed by atoms with van der Waals surface area (Å²) in [6.45, 7) is -0.375. The third-order valence-electron chi connectivity index (χ3n) is 3.08. The molecule has 0 fully saturated rings. The van der Waals surface area contributed by atoms with E-state index in [0.717, 1.165) is 18.2 Å². The Morgan fingerprint density at radius 1 is 1.12 bits per heavy atom. The molecule has 1 amide bonds. The third-order valence-corrected chi connectivity index (χ3v) is 3.08. The van der Waals surface area contributed by atoms with Crippen LogP contribution in [-0.2, 0) is 0 Å². The van der Waals surface area contributed by atoms with E-state index in [9.17, 15) is 27.5 Å². The molecule has 8 heteroatoms. The molecule has 0 bridgehead atoms. The van der Waals surface area contributed by atoms with Gasteiger partial charge >= 0.3 is 6.36 Å². The SMILES string of the molecule is O=C(NCC(O)c1ccccc1F)c1ccccc1OC(F)(F)F. The Morgan fingerprint density at radius 3 is 2.42 bits per heavy atom. The van der Waals surface area contributed by atoms with Crippen LogP contribution < -0.4 is 10.1 Å². The van der Waals surface area contributed by atoms with Crippen LogP contribution in [0.15, 0.2) is 48.5 Å². The van der Waals surface area contributed by atoms with Gasteiger partial charge in [0.05, 0.1) is 11.7 Å². The number of alkyl halides is 3. The summed E-state index contributed by atoms with van der Waals surface area (Å²) in [6.07, 6.45) is -6.28. The lowest BCUT2D eigenvalue weighted by atomic mass is 10.1. The van der Waals surface area contributed by atoms with E-state index in [1.807, 2.05) is 0 Å². The van der Waals surface area contributed by atoms with Crippen LogP contribution in [0, 0.1) is 5.82 Å². The zero-order valence-electron chi connectivity index (χ0n) is 12.2. The number of nitrogens with one attached hydrogen (secondary N) is 1. The molecule has 1 unspecified atom stereocenters. The molecule has 128 valence electrons. The van der Waals surface area contributed by atoms with Crippen LogP contribution in [0.5, 0.6) is 5.75 Å². The Balaban J connectivity index is 2.07. The van der Waals surface area contributed by atoms with E-state index in [1.165, 1.54) is 30.3 Å². The number of benzene rings is 2. The van der Waals surface area contributed by atoms with Gasteiger partial charge in [-0.05, 0) is 18.2 Å². The normalized spacial score (nSPS) is 12.5. The largest absolute Gasteiger partial charge is 0.573 e. The van der Waals surface area contributed by atoms with Crippen molar-refractivity contribution in [1.82, 2.24) is 5.32 Å². The van der Waals surface area contributed by atoms with E-state index < -0.39 is 29.9 Å². The quantitative estimate of drug-likeness (QED) is 0.820. The Labute approximate surface area is 134 Å². The summed E-state index contributed by atoms with van der Waals surface area (Å²) in [7, 11) is 0. The van der Waals surface area contributed by atoms with Crippen LogP contribution in [0.2, 0.25) is 0 Å². The van der Waals surface area contributed by atoms with Crippen molar-refractivity contribution >= 4 is 5.91 Å². The highest BCUT2D eigenvalue weighted by Crippen LogP contribution is 2.26. The molecule has 2 rings (SSSR count). The van der Waals surface area contributed by atoms with Gasteiger partial charge in [0.25, 0.3) is 5.91 Å². The van der Waals surface area contributed by atoms with Crippen LogP contribution in [0.25, 0.3) is 0 Å². The molecule has 0 saturated carbocycles. The average molecular weight is 343 g/mol. The number of carbonyl (C=O) groups is 1. The highest BCUT2D eigenvalue weighted by Gasteiger charge is 2.32. The molecule has 2 N–H and O–H groups in total. The van der Waals surface area contributed by atoms with Crippen LogP contribution in [0.3, 0.4) is 0 Å². The average Bonchev–Trinajstić information content (AvgIpc) is 2.51. The third kappa shape index (κ3) is 4.69. The first kappa shape index (κ1) is 17.7. The molecule has 0 radical (unpaired) electrons. The zero-order chi connectivity index (χ0) is 17.7. The summed E-state index contributed by atoms with van der Waals surface area (Å²) in [6, 6.07) is 10.2. The minimum absolute atomic E-state index is 0.0300. The van der Waals surface area contributed by atoms with Gasteiger partial charge in [-0.15, -0.1) is 13.2 Å². The van der Waals surface area contributed by atoms with Gasteiger partial charge < -0.3 is 15.2 Å². The smallest absolute Gasteiger partial charge is 0.405 e. The summed E-state index contributed by atoms with van der Waals surface area (Å²) >= 11 is 0. The second-order valence-corrected chi connectivity index (χ2v) is 4.79. The fourth-order valence-corrected chi connectivity index (χ4v) is 2.01. The first-order valence-corrected chi connectivity index (χ1v) is 6.83. The molecule has 1 atom stereocenters. The number of halogens is 4. The molecule has 0 aromatic heterocycles. The van der Waals surface area contributed by atoms with E-state index in [4.69, 9.17) is 0 Å². The number of aliphatic hydroxyl groups is 1. The van der Waals surface area contributed by atoms with Crippen molar-refractivity contribution in [2.75, 3.05) is 6.54 Å². The van der Waals surface area contributed by atoms with Crippen molar-refractivity contribution in [3.63, 3.8) is 0 Å². The van der Waals surface area contributed by atoms with Crippen molar-refractivity contribution in [2.24, 2.45) is 0 Å². The molecule has 0 saturated heterocycles. The molecule has 0 aliphatic heterocycles. The number of rotatable bonds is 5. The number of carbonyl (C=O) groups excluding carboxylic acids is 1. The van der Waals surface area contributed by atoms with Crippen molar-refractivity contribution in [3.05, 3.63) is 65.5 Å². The van der Waals surface area contributed by atoms with Crippen LogP contribution in [0.1, 0.15) is 22.0 Å². The van der Waals surface area contributed by atoms with Gasteiger partial charge in [-0.1, -0.05) is 30.3 Å². The van der Waals surface area contributed by atoms with E-state index in [1.54, 1.807) is 0 Å². The second kappa shape index (κ2) is 7.31. The highest BCUT2D eigenvalue weighted by atomic mass is 19.4. The van der Waals surface area contributed by atoms with Crippen molar-refractivity contribution < 1.29 is 32.2 Å². The van der Waals surface area contributed by atoms with Gasteiger partial charge in [0.1, 0.15) is 11.6 Å². The van der Waals surface area contributed by atoms with Crippen molar-refractivity contribution in [2.45, 2.75) is 12.5 Å². The molecule has 24 heavy (non-hydrogen) atoms. The maximum atomic E-state index is 13.5. The first-order chi connectivity index (χ1) is 11.3. The summed E-state index contributed by atoms with van der Waals surface area (Å²) < 4.78 is 54.3. The number of amides is 1. The van der Waals surface area contributed by atoms with Gasteiger partial charge in [-0.25, -0.2) is 4.39 Å². The van der Waals surface area contributed by atoms with E-state index >= 15 is 0 Å². The lowest BCUT2D eigenvalue weighted by molar-refractivity contribution is -0.274. The molecular weight excluding hydrogens is 330 g/mol. The lowest BCUT2D eigenvalue weighted by Gasteiger charge is -2.15. The zero-order valence-corrected chi connectivity index (χ0v) is 12.2. The Bertz CT molecular complexity index is 718. The molecule has 0 heterocycles. The summed E-state index contributed by atoms with van der Waals surface area (Å²) in [5.41, 5.74) is -0.381. The Hall–Kier alpha value is -2.61. The van der Waals surface area contributed by atoms with Crippen LogP contribution >= 0.6 is 0 Å². The maximum absolute atomic E-state index is 13.5. The molecule has 0 spiro atoms. The van der Waals surface area contributed by atoms with Crippen LogP contribution in [0.4, 0.5) is 17.6 Å². The second-order valence-electron chi connectivity index (χ2n) is 4.79. The monoisotopic (exact) mass is 343 g/mol. The van der Waals surface area contributed by atoms with Gasteiger partial charge in [-0.3, -0.25) is 4.79 Å². The number of hydrogen-bond donors (Lipinski definition) is 2. The van der Waals surface area contributed by atoms with Crippen molar-refractivity contribution in [3.8, 4) is 5.75 Å². The van der Waals surface area contributed by atoms with Crippen molar-refractivity contribution in [1.29, 1.82) is 0 Å². The molecule has 0 aliphatic rings. The van der Waals surface area contributed by atoms with E-state index in [0.29, 0.717) is 0 Å². The summed E-state index contributed by atoms with van der Waals surface area (Å²) in [5.74, 6) is -2.20. The Kier molecular flexibility index (Phi) is 5.40. The van der Waals surface area contributed by atoms with Gasteiger partial charge in [0.15, 0.2) is 0 Å². The Morgan fingerprint density at radius 2 is 1.75 bits per heavy atom. The topological polar surface area (TPSA) is 58.6 Å². The number of para-hydroxylation sites is 1. The van der Waals surface area contributed by atoms with E-state index in [2.05, 4.69) is 10.1 Å². The highest BCUT2D eigenvalue weighted by molar-refractivity contribution is 5.96. The number of hydrogen-bond acceptors (Lipinski definition) is 3. The number of aliphatic hydroxyl groups excluding tert-OH is 1. The molecule has 2 aromatic rings. The first-order valence-electron chi connectivity index (χ1n) is 6.83. The lowest BCUT2D eigenvalue weighted by Crippen LogP contribution is -2.29. The van der Waals surface area contributed by atoms with Gasteiger partial charge in [-0.2, -0.15) is 0 Å². The fraction of sp³-hybridized carbons (Fsp3) is 0.188.